The summed E-state index contributed by atoms with van der Waals surface area (Å²) in [7, 11) is 0. The van der Waals surface area contributed by atoms with Crippen molar-refractivity contribution in [2.24, 2.45) is 10.9 Å². The molecule has 0 saturated carbocycles. The van der Waals surface area contributed by atoms with Crippen molar-refractivity contribution in [1.29, 1.82) is 0 Å². The van der Waals surface area contributed by atoms with Gasteiger partial charge in [0.1, 0.15) is 0 Å². The predicted molar refractivity (Wildman–Crippen MR) is 51.8 cm³/mol. The molecule has 0 amide bonds. The molecule has 0 heterocycles. The molecule has 0 N–H and O–H groups in total. The zero-order valence-corrected chi connectivity index (χ0v) is 7.25. The van der Waals surface area contributed by atoms with E-state index in [0.717, 1.165) is 0 Å². The van der Waals surface area contributed by atoms with E-state index in [1.807, 2.05) is 12.2 Å². The molecule has 0 saturated heterocycles. The van der Waals surface area contributed by atoms with Gasteiger partial charge in [-0.15, -0.1) is 0 Å². The molecule has 0 aromatic carbocycles. The number of rotatable bonds is 4. The SMILES string of the molecule is C=C/N=C\C=C(/C=C)C(C)C. The molecule has 0 aromatic heterocycles. The van der Waals surface area contributed by atoms with E-state index in [9.17, 15) is 0 Å². The first-order chi connectivity index (χ1) is 5.22. The standard InChI is InChI=1S/C10H15N/c1-5-10(9(3)4)7-8-11-6-2/h5-9H,1-2H2,3-4H3/b10-7+,11-8-. The van der Waals surface area contributed by atoms with E-state index >= 15 is 0 Å². The molecule has 0 radical (unpaired) electrons. The summed E-state index contributed by atoms with van der Waals surface area (Å²) in [6.45, 7) is 11.4. The average Bonchev–Trinajstić information content (AvgIpc) is 1.97. The minimum absolute atomic E-state index is 0.503. The van der Waals surface area contributed by atoms with Gasteiger partial charge in [-0.3, -0.25) is 4.99 Å². The molecule has 0 fully saturated rings. The Morgan fingerprint density at radius 3 is 2.36 bits per heavy atom. The Balaban J connectivity index is 4.23. The highest BCUT2D eigenvalue weighted by molar-refractivity contribution is 5.73. The first-order valence-electron chi connectivity index (χ1n) is 3.69. The summed E-state index contributed by atoms with van der Waals surface area (Å²) in [5.74, 6) is 0.503. The molecule has 0 spiro atoms. The van der Waals surface area contributed by atoms with Crippen molar-refractivity contribution in [2.75, 3.05) is 0 Å². The monoisotopic (exact) mass is 149 g/mol. The van der Waals surface area contributed by atoms with Crippen molar-refractivity contribution in [2.45, 2.75) is 13.8 Å². The smallest absolute Gasteiger partial charge is 0.0270 e. The van der Waals surface area contributed by atoms with Crippen LogP contribution in [-0.4, -0.2) is 6.21 Å². The van der Waals surface area contributed by atoms with Gasteiger partial charge >= 0.3 is 0 Å². The number of aliphatic imine (C=N–C) groups is 1. The second-order valence-corrected chi connectivity index (χ2v) is 2.51. The van der Waals surface area contributed by atoms with Crippen LogP contribution in [0.3, 0.4) is 0 Å². The molecule has 0 aromatic rings. The Labute approximate surface area is 68.9 Å². The van der Waals surface area contributed by atoms with Crippen LogP contribution in [0.25, 0.3) is 0 Å². The molecule has 0 atom stereocenters. The molecule has 0 aliphatic heterocycles. The highest BCUT2D eigenvalue weighted by atomic mass is 14.6. The first-order valence-corrected chi connectivity index (χ1v) is 3.69. The van der Waals surface area contributed by atoms with E-state index in [4.69, 9.17) is 0 Å². The number of hydrogen-bond acceptors (Lipinski definition) is 1. The molecule has 1 heteroatoms. The van der Waals surface area contributed by atoms with Gasteiger partial charge in [-0.2, -0.15) is 0 Å². The van der Waals surface area contributed by atoms with Crippen molar-refractivity contribution >= 4 is 6.21 Å². The van der Waals surface area contributed by atoms with Crippen molar-refractivity contribution < 1.29 is 0 Å². The van der Waals surface area contributed by atoms with Gasteiger partial charge in [0.2, 0.25) is 0 Å². The molecular weight excluding hydrogens is 134 g/mol. The lowest BCUT2D eigenvalue weighted by Gasteiger charge is -2.02. The van der Waals surface area contributed by atoms with Crippen LogP contribution in [0.4, 0.5) is 0 Å². The quantitative estimate of drug-likeness (QED) is 0.430. The van der Waals surface area contributed by atoms with Crippen LogP contribution in [0, 0.1) is 5.92 Å². The fourth-order valence-electron chi connectivity index (χ4n) is 0.686. The fraction of sp³-hybridized carbons (Fsp3) is 0.300. The maximum atomic E-state index is 3.86. The Morgan fingerprint density at radius 1 is 1.36 bits per heavy atom. The van der Waals surface area contributed by atoms with Crippen molar-refractivity contribution in [3.8, 4) is 0 Å². The highest BCUT2D eigenvalue weighted by Gasteiger charge is 1.94. The van der Waals surface area contributed by atoms with Crippen LogP contribution in [0.15, 0.2) is 42.1 Å². The molecule has 11 heavy (non-hydrogen) atoms. The Morgan fingerprint density at radius 2 is 2.00 bits per heavy atom. The predicted octanol–water partition coefficient (Wildman–Crippen LogP) is 2.97. The van der Waals surface area contributed by atoms with Gasteiger partial charge < -0.3 is 0 Å². The topological polar surface area (TPSA) is 12.4 Å². The molecule has 0 unspecified atom stereocenters. The summed E-state index contributed by atoms with van der Waals surface area (Å²) in [5, 5.41) is 0. The van der Waals surface area contributed by atoms with Gasteiger partial charge in [-0.1, -0.05) is 33.1 Å². The lowest BCUT2D eigenvalue weighted by atomic mass is 10.0. The van der Waals surface area contributed by atoms with E-state index in [1.165, 1.54) is 11.8 Å². The largest absolute Gasteiger partial charge is 0.265 e. The van der Waals surface area contributed by atoms with Gasteiger partial charge in [-0.25, -0.2) is 0 Å². The molecule has 0 bridgehead atoms. The third-order valence-corrected chi connectivity index (χ3v) is 1.36. The Hall–Kier alpha value is -1.11. The summed E-state index contributed by atoms with van der Waals surface area (Å²) in [6, 6.07) is 0. The van der Waals surface area contributed by atoms with Crippen molar-refractivity contribution in [3.63, 3.8) is 0 Å². The van der Waals surface area contributed by atoms with Gasteiger partial charge in [0.15, 0.2) is 0 Å². The first kappa shape index (κ1) is 9.89. The summed E-state index contributed by atoms with van der Waals surface area (Å²) < 4.78 is 0. The van der Waals surface area contributed by atoms with Gasteiger partial charge in [0, 0.05) is 12.4 Å². The third kappa shape index (κ3) is 4.31. The maximum absolute atomic E-state index is 3.86. The summed E-state index contributed by atoms with van der Waals surface area (Å²) in [4.78, 5) is 3.86. The fourth-order valence-corrected chi connectivity index (χ4v) is 0.686. The average molecular weight is 149 g/mol. The van der Waals surface area contributed by atoms with E-state index in [1.54, 1.807) is 6.21 Å². The third-order valence-electron chi connectivity index (χ3n) is 1.36. The van der Waals surface area contributed by atoms with Gasteiger partial charge in [0.05, 0.1) is 0 Å². The maximum Gasteiger partial charge on any atom is 0.0270 e. The molecule has 0 aliphatic carbocycles. The molecule has 0 aliphatic rings. The van der Waals surface area contributed by atoms with Crippen LogP contribution in [0.1, 0.15) is 13.8 Å². The zero-order valence-electron chi connectivity index (χ0n) is 7.25. The molecule has 1 nitrogen and oxygen atoms in total. The van der Waals surface area contributed by atoms with Gasteiger partial charge in [-0.05, 0) is 17.6 Å². The summed E-state index contributed by atoms with van der Waals surface area (Å²) >= 11 is 0. The summed E-state index contributed by atoms with van der Waals surface area (Å²) in [6.07, 6.45) is 7.03. The Bertz CT molecular complexity index is 185. The van der Waals surface area contributed by atoms with E-state index < -0.39 is 0 Å². The lowest BCUT2D eigenvalue weighted by Crippen LogP contribution is -1.89. The molecule has 0 rings (SSSR count). The van der Waals surface area contributed by atoms with Crippen LogP contribution in [0.2, 0.25) is 0 Å². The number of hydrogen-bond donors (Lipinski definition) is 0. The minimum atomic E-state index is 0.503. The summed E-state index contributed by atoms with van der Waals surface area (Å²) in [5.41, 5.74) is 1.19. The molecule has 60 valence electrons. The van der Waals surface area contributed by atoms with E-state index in [-0.39, 0.29) is 0 Å². The second-order valence-electron chi connectivity index (χ2n) is 2.51. The van der Waals surface area contributed by atoms with Crippen molar-refractivity contribution in [1.82, 2.24) is 0 Å². The number of nitrogens with zero attached hydrogens (tertiary/aromatic N) is 1. The van der Waals surface area contributed by atoms with Crippen LogP contribution < -0.4 is 0 Å². The molecular formula is C10H15N. The minimum Gasteiger partial charge on any atom is -0.265 e. The van der Waals surface area contributed by atoms with Crippen LogP contribution in [0.5, 0.6) is 0 Å². The zero-order chi connectivity index (χ0) is 8.69. The Kier molecular flexibility index (Phi) is 5.09. The highest BCUT2D eigenvalue weighted by Crippen LogP contribution is 2.08. The van der Waals surface area contributed by atoms with E-state index in [0.29, 0.717) is 5.92 Å². The van der Waals surface area contributed by atoms with Crippen LogP contribution >= 0.6 is 0 Å². The van der Waals surface area contributed by atoms with Gasteiger partial charge in [0.25, 0.3) is 0 Å². The van der Waals surface area contributed by atoms with Crippen LogP contribution in [-0.2, 0) is 0 Å². The number of allylic oxidation sites excluding steroid dienone is 3. The lowest BCUT2D eigenvalue weighted by molar-refractivity contribution is 0.794. The normalized spacial score (nSPS) is 12.5. The second kappa shape index (κ2) is 5.66. The van der Waals surface area contributed by atoms with Crippen molar-refractivity contribution in [3.05, 3.63) is 37.1 Å². The van der Waals surface area contributed by atoms with E-state index in [2.05, 4.69) is 32.0 Å².